The second-order valence-corrected chi connectivity index (χ2v) is 2.95. The van der Waals surface area contributed by atoms with E-state index in [1.807, 2.05) is 6.07 Å². The summed E-state index contributed by atoms with van der Waals surface area (Å²) in [6.45, 7) is 0. The summed E-state index contributed by atoms with van der Waals surface area (Å²) < 4.78 is 4.56. The molecule has 1 aliphatic heterocycles. The van der Waals surface area contributed by atoms with Crippen molar-refractivity contribution < 1.29 is 14.6 Å². The average molecular weight is 191 g/mol. The number of aliphatic hydroxyl groups excluding tert-OH is 1. The van der Waals surface area contributed by atoms with Gasteiger partial charge in [0, 0.05) is 0 Å². The molecule has 3 N–H and O–H groups in total. The van der Waals surface area contributed by atoms with Gasteiger partial charge in [-0.05, 0) is 5.56 Å². The molecule has 72 valence electrons. The third kappa shape index (κ3) is 1.25. The van der Waals surface area contributed by atoms with Gasteiger partial charge in [-0.15, -0.1) is 0 Å². The molecule has 4 heteroatoms. The molecular weight excluding hydrogens is 182 g/mol. The topological polar surface area (TPSA) is 72.6 Å². The van der Waals surface area contributed by atoms with Crippen molar-refractivity contribution in [2.45, 2.75) is 6.29 Å². The summed E-state index contributed by atoms with van der Waals surface area (Å²) in [5.74, 6) is -0.582. The summed E-state index contributed by atoms with van der Waals surface area (Å²) in [6, 6.07) is 8.88. The highest BCUT2D eigenvalue weighted by molar-refractivity contribution is 6.19. The Kier molecular flexibility index (Phi) is 1.98. The quantitative estimate of drug-likeness (QED) is 0.623. The van der Waals surface area contributed by atoms with Gasteiger partial charge in [0.1, 0.15) is 0 Å². The van der Waals surface area contributed by atoms with Crippen molar-refractivity contribution in [1.29, 1.82) is 0 Å². The van der Waals surface area contributed by atoms with E-state index in [2.05, 4.69) is 4.74 Å². The molecule has 0 saturated heterocycles. The fraction of sp³-hybridized carbons (Fsp3) is 0.100. The molecule has 1 aliphatic rings. The van der Waals surface area contributed by atoms with Crippen molar-refractivity contribution in [2.75, 3.05) is 0 Å². The summed E-state index contributed by atoms with van der Waals surface area (Å²) in [5.41, 5.74) is 6.51. The molecule has 1 atom stereocenters. The zero-order valence-electron chi connectivity index (χ0n) is 7.31. The highest BCUT2D eigenvalue weighted by Gasteiger charge is 2.31. The van der Waals surface area contributed by atoms with E-state index < -0.39 is 12.3 Å². The Balaban J connectivity index is 2.49. The molecule has 4 nitrogen and oxygen atoms in total. The first-order valence-electron chi connectivity index (χ1n) is 4.14. The molecule has 0 fully saturated rings. The summed E-state index contributed by atoms with van der Waals surface area (Å²) in [4.78, 5) is 11.3. The van der Waals surface area contributed by atoms with E-state index in [1.165, 1.54) is 0 Å². The molecule has 0 bridgehead atoms. The molecule has 0 aliphatic carbocycles. The van der Waals surface area contributed by atoms with Crippen LogP contribution < -0.4 is 5.73 Å². The van der Waals surface area contributed by atoms with E-state index in [-0.39, 0.29) is 11.3 Å². The number of aliphatic hydroxyl groups is 1. The lowest BCUT2D eigenvalue weighted by molar-refractivity contribution is -0.150. The van der Waals surface area contributed by atoms with Gasteiger partial charge in [0.15, 0.2) is 0 Å². The maximum absolute atomic E-state index is 11.3. The molecule has 1 unspecified atom stereocenters. The van der Waals surface area contributed by atoms with Gasteiger partial charge in [-0.3, -0.25) is 0 Å². The Bertz CT molecular complexity index is 397. The molecule has 0 radical (unpaired) electrons. The van der Waals surface area contributed by atoms with Gasteiger partial charge >= 0.3 is 5.97 Å². The maximum atomic E-state index is 11.3. The molecule has 1 heterocycles. The smallest absolute Gasteiger partial charge is 0.343 e. The number of cyclic esters (lactones) is 1. The van der Waals surface area contributed by atoms with Crippen LogP contribution in [0, 0.1) is 0 Å². The molecule has 1 aromatic carbocycles. The van der Waals surface area contributed by atoms with E-state index in [4.69, 9.17) is 5.73 Å². The standard InChI is InChI=1S/C10H9NO3/c11-8-7(9(12)14-10(8)13)6-4-2-1-3-5-6/h1-5,10,13H,11H2. The Labute approximate surface area is 80.6 Å². The molecule has 2 rings (SSSR count). The number of rotatable bonds is 1. The Morgan fingerprint density at radius 3 is 2.43 bits per heavy atom. The monoisotopic (exact) mass is 191 g/mol. The predicted molar refractivity (Wildman–Crippen MR) is 49.6 cm³/mol. The second-order valence-electron chi connectivity index (χ2n) is 2.95. The maximum Gasteiger partial charge on any atom is 0.343 e. The van der Waals surface area contributed by atoms with Crippen LogP contribution in [0.2, 0.25) is 0 Å². The van der Waals surface area contributed by atoms with Crippen molar-refractivity contribution in [3.05, 3.63) is 41.6 Å². The zero-order valence-corrected chi connectivity index (χ0v) is 7.31. The molecule has 0 amide bonds. The summed E-state index contributed by atoms with van der Waals surface area (Å²) in [6.07, 6.45) is -1.31. The molecule has 0 aromatic heterocycles. The molecule has 14 heavy (non-hydrogen) atoms. The number of hydrogen-bond donors (Lipinski definition) is 2. The van der Waals surface area contributed by atoms with Crippen LogP contribution in [0.1, 0.15) is 5.56 Å². The Hall–Kier alpha value is -1.81. The number of carbonyl (C=O) groups is 1. The summed E-state index contributed by atoms with van der Waals surface area (Å²) >= 11 is 0. The number of nitrogens with two attached hydrogens (primary N) is 1. The van der Waals surface area contributed by atoms with Crippen molar-refractivity contribution >= 4 is 11.5 Å². The number of esters is 1. The van der Waals surface area contributed by atoms with Crippen molar-refractivity contribution in [1.82, 2.24) is 0 Å². The van der Waals surface area contributed by atoms with Gasteiger partial charge < -0.3 is 15.6 Å². The van der Waals surface area contributed by atoms with Gasteiger partial charge in [-0.25, -0.2) is 4.79 Å². The van der Waals surface area contributed by atoms with E-state index in [1.54, 1.807) is 24.3 Å². The number of benzene rings is 1. The highest BCUT2D eigenvalue weighted by atomic mass is 16.6. The van der Waals surface area contributed by atoms with Crippen LogP contribution in [0.3, 0.4) is 0 Å². The predicted octanol–water partition coefficient (Wildman–Crippen LogP) is 0.232. The lowest BCUT2D eigenvalue weighted by Crippen LogP contribution is -2.15. The number of carbonyl (C=O) groups excluding carboxylic acids is 1. The Morgan fingerprint density at radius 1 is 1.29 bits per heavy atom. The van der Waals surface area contributed by atoms with Gasteiger partial charge in [0.05, 0.1) is 11.3 Å². The first-order chi connectivity index (χ1) is 6.70. The van der Waals surface area contributed by atoms with Crippen LogP contribution in [0.25, 0.3) is 5.57 Å². The Morgan fingerprint density at radius 2 is 1.93 bits per heavy atom. The first kappa shape index (κ1) is 8.77. The lowest BCUT2D eigenvalue weighted by Gasteiger charge is -1.99. The van der Waals surface area contributed by atoms with E-state index >= 15 is 0 Å². The minimum absolute atomic E-state index is 0.0706. The van der Waals surface area contributed by atoms with Crippen LogP contribution >= 0.6 is 0 Å². The third-order valence-corrected chi connectivity index (χ3v) is 2.04. The number of ether oxygens (including phenoxy) is 1. The first-order valence-corrected chi connectivity index (χ1v) is 4.14. The lowest BCUT2D eigenvalue weighted by atomic mass is 10.1. The van der Waals surface area contributed by atoms with Gasteiger partial charge in [-0.1, -0.05) is 30.3 Å². The minimum Gasteiger partial charge on any atom is -0.426 e. The normalized spacial score (nSPS) is 21.2. The molecule has 0 saturated carbocycles. The molecule has 0 spiro atoms. The van der Waals surface area contributed by atoms with Gasteiger partial charge in [-0.2, -0.15) is 0 Å². The highest BCUT2D eigenvalue weighted by Crippen LogP contribution is 2.26. The minimum atomic E-state index is -1.31. The summed E-state index contributed by atoms with van der Waals surface area (Å²) in [5, 5.41) is 9.17. The summed E-state index contributed by atoms with van der Waals surface area (Å²) in [7, 11) is 0. The van der Waals surface area contributed by atoms with Crippen molar-refractivity contribution in [3.63, 3.8) is 0 Å². The van der Waals surface area contributed by atoms with Crippen molar-refractivity contribution in [2.24, 2.45) is 5.73 Å². The van der Waals surface area contributed by atoms with Crippen LogP contribution in [-0.4, -0.2) is 17.4 Å². The SMILES string of the molecule is NC1=C(c2ccccc2)C(=O)OC1O. The second kappa shape index (κ2) is 3.16. The van der Waals surface area contributed by atoms with Crippen molar-refractivity contribution in [3.8, 4) is 0 Å². The largest absolute Gasteiger partial charge is 0.426 e. The average Bonchev–Trinajstić information content (AvgIpc) is 2.43. The fourth-order valence-electron chi connectivity index (χ4n) is 1.35. The van der Waals surface area contributed by atoms with Gasteiger partial charge in [0.25, 0.3) is 0 Å². The molecule has 1 aromatic rings. The van der Waals surface area contributed by atoms with E-state index in [9.17, 15) is 9.90 Å². The van der Waals surface area contributed by atoms with Gasteiger partial charge in [0.2, 0.25) is 6.29 Å². The van der Waals surface area contributed by atoms with Crippen LogP contribution in [0.15, 0.2) is 36.0 Å². The van der Waals surface area contributed by atoms with E-state index in [0.29, 0.717) is 5.56 Å². The van der Waals surface area contributed by atoms with Crippen LogP contribution in [-0.2, 0) is 9.53 Å². The fourth-order valence-corrected chi connectivity index (χ4v) is 1.35. The van der Waals surface area contributed by atoms with Crippen LogP contribution in [0.5, 0.6) is 0 Å². The third-order valence-electron chi connectivity index (χ3n) is 2.04. The zero-order chi connectivity index (χ0) is 10.1. The van der Waals surface area contributed by atoms with E-state index in [0.717, 1.165) is 0 Å². The number of hydrogen-bond acceptors (Lipinski definition) is 4. The van der Waals surface area contributed by atoms with Crippen LogP contribution in [0.4, 0.5) is 0 Å². The molecular formula is C10H9NO3.